The molecule has 0 unspecified atom stereocenters. The van der Waals surface area contributed by atoms with Crippen molar-refractivity contribution in [1.82, 2.24) is 9.55 Å². The lowest BCUT2D eigenvalue weighted by Gasteiger charge is -2.13. The SMILES string of the molecule is C#Cc1ccc2c(c1)C(c1ccccc1F)=NCc1c(-c3occc3C)ncn1-2. The number of fused-ring (bicyclic) bond motifs is 3. The minimum absolute atomic E-state index is 0.324. The van der Waals surface area contributed by atoms with Crippen LogP contribution in [0.2, 0.25) is 0 Å². The molecule has 0 amide bonds. The lowest BCUT2D eigenvalue weighted by Crippen LogP contribution is -2.09. The number of aliphatic imine (C=N–C) groups is 1. The van der Waals surface area contributed by atoms with Crippen molar-refractivity contribution in [3.63, 3.8) is 0 Å². The molecule has 4 aromatic rings. The van der Waals surface area contributed by atoms with E-state index < -0.39 is 0 Å². The molecule has 0 bridgehead atoms. The van der Waals surface area contributed by atoms with Gasteiger partial charge in [0.1, 0.15) is 17.8 Å². The maximum Gasteiger partial charge on any atom is 0.157 e. The van der Waals surface area contributed by atoms with Crippen LogP contribution < -0.4 is 0 Å². The molecule has 0 saturated heterocycles. The summed E-state index contributed by atoms with van der Waals surface area (Å²) in [4.78, 5) is 9.38. The average molecular weight is 381 g/mol. The molecule has 2 aromatic carbocycles. The third-order valence-electron chi connectivity index (χ3n) is 5.14. The van der Waals surface area contributed by atoms with Gasteiger partial charge in [0.05, 0.1) is 29.9 Å². The van der Waals surface area contributed by atoms with E-state index in [0.29, 0.717) is 29.1 Å². The van der Waals surface area contributed by atoms with Crippen LogP contribution in [0.25, 0.3) is 17.1 Å². The second-order valence-corrected chi connectivity index (χ2v) is 6.86. The Labute approximate surface area is 167 Å². The molecule has 140 valence electrons. The van der Waals surface area contributed by atoms with Gasteiger partial charge in [-0.05, 0) is 48.9 Å². The first-order valence-corrected chi connectivity index (χ1v) is 9.19. The van der Waals surface area contributed by atoms with Crippen molar-refractivity contribution in [3.05, 3.63) is 94.9 Å². The molecule has 4 nitrogen and oxygen atoms in total. The van der Waals surface area contributed by atoms with E-state index in [2.05, 4.69) is 10.9 Å². The Balaban J connectivity index is 1.78. The van der Waals surface area contributed by atoms with Gasteiger partial charge in [-0.25, -0.2) is 9.37 Å². The van der Waals surface area contributed by atoms with Crippen molar-refractivity contribution < 1.29 is 8.81 Å². The fraction of sp³-hybridized carbons (Fsp3) is 0.0833. The minimum Gasteiger partial charge on any atom is -0.462 e. The van der Waals surface area contributed by atoms with Crippen LogP contribution in [0.3, 0.4) is 0 Å². The topological polar surface area (TPSA) is 43.3 Å². The van der Waals surface area contributed by atoms with Crippen molar-refractivity contribution in [2.24, 2.45) is 4.99 Å². The first-order chi connectivity index (χ1) is 14.2. The molecule has 1 aliphatic rings. The van der Waals surface area contributed by atoms with Gasteiger partial charge in [0.25, 0.3) is 0 Å². The molecule has 5 rings (SSSR count). The van der Waals surface area contributed by atoms with Crippen molar-refractivity contribution >= 4 is 5.71 Å². The first-order valence-electron chi connectivity index (χ1n) is 9.19. The van der Waals surface area contributed by atoms with Gasteiger partial charge in [-0.1, -0.05) is 18.1 Å². The smallest absolute Gasteiger partial charge is 0.157 e. The zero-order valence-electron chi connectivity index (χ0n) is 15.7. The first kappa shape index (κ1) is 17.2. The fourth-order valence-electron chi connectivity index (χ4n) is 3.69. The number of hydrogen-bond acceptors (Lipinski definition) is 3. The van der Waals surface area contributed by atoms with Gasteiger partial charge in [-0.3, -0.25) is 9.56 Å². The number of imidazole rings is 1. The van der Waals surface area contributed by atoms with Crippen LogP contribution in [0.1, 0.15) is 27.9 Å². The van der Waals surface area contributed by atoms with Crippen LogP contribution in [0.15, 0.2) is 70.5 Å². The van der Waals surface area contributed by atoms with Crippen molar-refractivity contribution in [2.45, 2.75) is 13.5 Å². The molecule has 1 aliphatic heterocycles. The Hall–Kier alpha value is -3.91. The van der Waals surface area contributed by atoms with Crippen LogP contribution >= 0.6 is 0 Å². The van der Waals surface area contributed by atoms with E-state index in [1.54, 1.807) is 30.8 Å². The van der Waals surface area contributed by atoms with Gasteiger partial charge in [0, 0.05) is 16.7 Å². The largest absolute Gasteiger partial charge is 0.462 e. The summed E-state index contributed by atoms with van der Waals surface area (Å²) >= 11 is 0. The molecule has 3 heterocycles. The van der Waals surface area contributed by atoms with Gasteiger partial charge in [0.15, 0.2) is 5.76 Å². The molecule has 0 radical (unpaired) electrons. The van der Waals surface area contributed by atoms with E-state index in [0.717, 1.165) is 28.2 Å². The summed E-state index contributed by atoms with van der Waals surface area (Å²) in [6.45, 7) is 2.31. The van der Waals surface area contributed by atoms with Gasteiger partial charge in [-0.2, -0.15) is 0 Å². The van der Waals surface area contributed by atoms with Crippen molar-refractivity contribution in [2.75, 3.05) is 0 Å². The van der Waals surface area contributed by atoms with E-state index in [4.69, 9.17) is 15.8 Å². The van der Waals surface area contributed by atoms with E-state index in [9.17, 15) is 4.39 Å². The van der Waals surface area contributed by atoms with E-state index >= 15 is 0 Å². The fourth-order valence-corrected chi connectivity index (χ4v) is 3.69. The zero-order chi connectivity index (χ0) is 20.0. The number of furan rings is 1. The Kier molecular flexibility index (Phi) is 3.92. The number of halogens is 1. The molecule has 0 aliphatic carbocycles. The molecule has 0 N–H and O–H groups in total. The predicted molar refractivity (Wildman–Crippen MR) is 110 cm³/mol. The second kappa shape index (κ2) is 6.61. The van der Waals surface area contributed by atoms with Crippen molar-refractivity contribution in [1.29, 1.82) is 0 Å². The summed E-state index contributed by atoms with van der Waals surface area (Å²) in [5.41, 5.74) is 5.95. The van der Waals surface area contributed by atoms with Gasteiger partial charge in [0.2, 0.25) is 0 Å². The van der Waals surface area contributed by atoms with Crippen LogP contribution in [0, 0.1) is 25.1 Å². The monoisotopic (exact) mass is 381 g/mol. The summed E-state index contributed by atoms with van der Waals surface area (Å²) in [7, 11) is 0. The highest BCUT2D eigenvalue weighted by molar-refractivity contribution is 6.15. The standard InChI is InChI=1S/C24H16FN3O/c1-3-16-8-9-20-18(12-16)22(17-6-4-5-7-19(17)25)26-13-21-23(27-14-28(20)21)24-15(2)10-11-29-24/h1,4-12,14H,13H2,2H3. The number of terminal acetylenes is 1. The average Bonchev–Trinajstić information content (AvgIpc) is 3.31. The highest BCUT2D eigenvalue weighted by Gasteiger charge is 2.25. The molecule has 0 saturated carbocycles. The summed E-state index contributed by atoms with van der Waals surface area (Å²) < 4.78 is 22.3. The molecule has 0 atom stereocenters. The highest BCUT2D eigenvalue weighted by Crippen LogP contribution is 2.33. The summed E-state index contributed by atoms with van der Waals surface area (Å²) in [5.74, 6) is 3.04. The van der Waals surface area contributed by atoms with Crippen LogP contribution in [-0.4, -0.2) is 15.3 Å². The van der Waals surface area contributed by atoms with E-state index in [1.807, 2.05) is 35.8 Å². The Morgan fingerprint density at radius 3 is 2.76 bits per heavy atom. The Morgan fingerprint density at radius 2 is 2.00 bits per heavy atom. The molecular weight excluding hydrogens is 365 g/mol. The number of benzene rings is 2. The normalized spacial score (nSPS) is 12.5. The van der Waals surface area contributed by atoms with Crippen LogP contribution in [0.4, 0.5) is 4.39 Å². The van der Waals surface area contributed by atoms with Crippen molar-refractivity contribution in [3.8, 4) is 29.5 Å². The maximum absolute atomic E-state index is 14.6. The molecule has 29 heavy (non-hydrogen) atoms. The molecule has 5 heteroatoms. The minimum atomic E-state index is -0.324. The zero-order valence-corrected chi connectivity index (χ0v) is 15.7. The van der Waals surface area contributed by atoms with E-state index in [1.165, 1.54) is 6.07 Å². The van der Waals surface area contributed by atoms with Crippen LogP contribution in [-0.2, 0) is 6.54 Å². The highest BCUT2D eigenvalue weighted by atomic mass is 19.1. The van der Waals surface area contributed by atoms with Crippen LogP contribution in [0.5, 0.6) is 0 Å². The number of rotatable bonds is 2. The number of hydrogen-bond donors (Lipinski definition) is 0. The van der Waals surface area contributed by atoms with E-state index in [-0.39, 0.29) is 5.82 Å². The third kappa shape index (κ3) is 2.69. The second-order valence-electron chi connectivity index (χ2n) is 6.86. The third-order valence-corrected chi connectivity index (χ3v) is 5.14. The summed E-state index contributed by atoms with van der Waals surface area (Å²) in [6.07, 6.45) is 9.02. The lowest BCUT2D eigenvalue weighted by atomic mass is 9.98. The summed E-state index contributed by atoms with van der Waals surface area (Å²) in [6, 6.07) is 14.2. The Morgan fingerprint density at radius 1 is 1.14 bits per heavy atom. The molecule has 0 spiro atoms. The van der Waals surface area contributed by atoms with Gasteiger partial charge >= 0.3 is 0 Å². The Bertz CT molecular complexity index is 1320. The number of nitrogens with zero attached hydrogens (tertiary/aromatic N) is 3. The van der Waals surface area contributed by atoms with Gasteiger partial charge in [-0.15, -0.1) is 6.42 Å². The molecular formula is C24H16FN3O. The summed E-state index contributed by atoms with van der Waals surface area (Å²) in [5, 5.41) is 0. The molecule has 0 fully saturated rings. The van der Waals surface area contributed by atoms with Gasteiger partial charge < -0.3 is 4.42 Å². The predicted octanol–water partition coefficient (Wildman–Crippen LogP) is 4.91. The molecule has 2 aromatic heterocycles. The number of aromatic nitrogens is 2. The number of aryl methyl sites for hydroxylation is 1. The lowest BCUT2D eigenvalue weighted by molar-refractivity contribution is 0.578. The maximum atomic E-state index is 14.6. The quantitative estimate of drug-likeness (QED) is 0.463.